The molecule has 2 aliphatic rings. The molecule has 1 nitrogen and oxygen atoms in total. The van der Waals surface area contributed by atoms with Gasteiger partial charge in [0.15, 0.2) is 5.62 Å². The number of hydrogen-bond donors (Lipinski definition) is 0. The minimum atomic E-state index is 0.613. The van der Waals surface area contributed by atoms with E-state index in [1.54, 1.807) is 11.8 Å². The number of carbonyl (C=O) groups excluding carboxylic acids is 1. The Morgan fingerprint density at radius 3 is 2.15 bits per heavy atom. The summed E-state index contributed by atoms with van der Waals surface area (Å²) in [5.74, 6) is 1.24. The zero-order valence-electron chi connectivity index (χ0n) is 11.1. The Hall–Kier alpha value is -1.19. The van der Waals surface area contributed by atoms with Gasteiger partial charge in [-0.15, -0.1) is 11.8 Å². The maximum absolute atomic E-state index is 10.8. The molecule has 2 aromatic rings. The molecule has 0 aliphatic heterocycles. The number of rotatable bonds is 3. The fraction of sp³-hybridized carbons (Fsp3) is 0.235. The summed E-state index contributed by atoms with van der Waals surface area (Å²) in [6.45, 7) is 0. The third kappa shape index (κ3) is 1.76. The van der Waals surface area contributed by atoms with Gasteiger partial charge < -0.3 is 0 Å². The van der Waals surface area contributed by atoms with Crippen LogP contribution < -0.4 is 0 Å². The summed E-state index contributed by atoms with van der Waals surface area (Å²) in [5, 5.41) is 2.55. The zero-order chi connectivity index (χ0) is 13.7. The average Bonchev–Trinajstić information content (AvgIpc) is 3.06. The molecule has 20 heavy (non-hydrogen) atoms. The molecule has 0 spiro atoms. The van der Waals surface area contributed by atoms with Crippen LogP contribution in [-0.2, 0) is 4.79 Å². The number of benzene rings is 2. The van der Waals surface area contributed by atoms with Gasteiger partial charge in [-0.05, 0) is 46.7 Å². The maximum Gasteiger partial charge on any atom is 0.181 e. The monoisotopic (exact) mass is 298 g/mol. The van der Waals surface area contributed by atoms with Crippen molar-refractivity contribution in [1.82, 2.24) is 0 Å². The van der Waals surface area contributed by atoms with Gasteiger partial charge in [0, 0.05) is 21.6 Å². The maximum atomic E-state index is 10.8. The molecule has 0 aromatic heterocycles. The normalized spacial score (nSPS) is 22.4. The van der Waals surface area contributed by atoms with Crippen molar-refractivity contribution < 1.29 is 4.79 Å². The minimum Gasteiger partial charge on any atom is -0.291 e. The van der Waals surface area contributed by atoms with E-state index in [9.17, 15) is 4.79 Å². The van der Waals surface area contributed by atoms with Crippen LogP contribution in [0.2, 0.25) is 0 Å². The highest BCUT2D eigenvalue weighted by molar-refractivity contribution is 8.12. The molecule has 0 saturated carbocycles. The topological polar surface area (TPSA) is 17.1 Å². The first-order valence-electron chi connectivity index (χ1n) is 6.74. The van der Waals surface area contributed by atoms with Gasteiger partial charge in [0.25, 0.3) is 0 Å². The van der Waals surface area contributed by atoms with Crippen molar-refractivity contribution in [2.75, 3.05) is 6.26 Å². The van der Waals surface area contributed by atoms with Gasteiger partial charge in [0.05, 0.1) is 0 Å². The smallest absolute Gasteiger partial charge is 0.181 e. The van der Waals surface area contributed by atoms with Gasteiger partial charge in [-0.2, -0.15) is 0 Å². The molecule has 4 rings (SSSR count). The van der Waals surface area contributed by atoms with E-state index in [4.69, 9.17) is 0 Å². The van der Waals surface area contributed by atoms with Crippen LogP contribution in [0.1, 0.15) is 29.4 Å². The summed E-state index contributed by atoms with van der Waals surface area (Å²) in [6.07, 6.45) is 8.01. The molecule has 3 heteroatoms. The lowest BCUT2D eigenvalue weighted by atomic mass is 9.93. The second-order valence-electron chi connectivity index (χ2n) is 5.38. The molecule has 2 aliphatic carbocycles. The molecule has 2 bridgehead atoms. The van der Waals surface area contributed by atoms with Crippen molar-refractivity contribution in [3.8, 4) is 0 Å². The molecule has 2 unspecified atom stereocenters. The molecule has 0 saturated heterocycles. The summed E-state index contributed by atoms with van der Waals surface area (Å²) in [7, 11) is 0. The van der Waals surface area contributed by atoms with Crippen LogP contribution in [0.5, 0.6) is 0 Å². The second-order valence-corrected chi connectivity index (χ2v) is 7.10. The summed E-state index contributed by atoms with van der Waals surface area (Å²) < 4.78 is 0. The summed E-state index contributed by atoms with van der Waals surface area (Å²) in [6, 6.07) is 9.07. The summed E-state index contributed by atoms with van der Waals surface area (Å²) >= 11 is 2.98. The fourth-order valence-corrected chi connectivity index (χ4v) is 4.82. The van der Waals surface area contributed by atoms with Crippen LogP contribution in [0.4, 0.5) is 0 Å². The first-order chi connectivity index (χ1) is 9.80. The van der Waals surface area contributed by atoms with E-state index in [0.717, 1.165) is 10.5 Å². The Kier molecular flexibility index (Phi) is 2.93. The Labute approximate surface area is 126 Å². The SMILES string of the molecule is CSc1cc2cc3c(cc2cc1SC=O)C1C=CC3C1. The molecule has 0 heterocycles. The highest BCUT2D eigenvalue weighted by Crippen LogP contribution is 2.49. The lowest BCUT2D eigenvalue weighted by molar-refractivity contribution is 0.570. The number of thioether (sulfide) groups is 2. The van der Waals surface area contributed by atoms with Crippen molar-refractivity contribution >= 4 is 39.9 Å². The van der Waals surface area contributed by atoms with Crippen LogP contribution >= 0.6 is 23.5 Å². The predicted octanol–water partition coefficient (Wildman–Crippen LogP) is 4.98. The Balaban J connectivity index is 1.93. The number of carbonyl (C=O) groups is 1. The van der Waals surface area contributed by atoms with Gasteiger partial charge in [0.1, 0.15) is 0 Å². The summed E-state index contributed by atoms with van der Waals surface area (Å²) in [4.78, 5) is 13.1. The van der Waals surface area contributed by atoms with E-state index in [0.29, 0.717) is 11.8 Å². The molecule has 0 amide bonds. The highest BCUT2D eigenvalue weighted by Gasteiger charge is 2.32. The van der Waals surface area contributed by atoms with E-state index >= 15 is 0 Å². The van der Waals surface area contributed by atoms with Crippen LogP contribution in [0, 0.1) is 0 Å². The second kappa shape index (κ2) is 4.68. The Bertz CT molecular complexity index is 748. The van der Waals surface area contributed by atoms with E-state index in [-0.39, 0.29) is 0 Å². The highest BCUT2D eigenvalue weighted by atomic mass is 32.2. The fourth-order valence-electron chi connectivity index (χ4n) is 3.45. The average molecular weight is 298 g/mol. The lowest BCUT2D eigenvalue weighted by Gasteiger charge is -2.14. The van der Waals surface area contributed by atoms with Crippen molar-refractivity contribution in [3.05, 3.63) is 47.5 Å². The number of fused-ring (bicyclic) bond motifs is 6. The molecule has 0 fully saturated rings. The van der Waals surface area contributed by atoms with E-state index in [1.165, 1.54) is 45.0 Å². The van der Waals surface area contributed by atoms with E-state index < -0.39 is 0 Å². The third-order valence-corrected chi connectivity index (χ3v) is 5.98. The van der Waals surface area contributed by atoms with Crippen molar-refractivity contribution in [2.24, 2.45) is 0 Å². The Morgan fingerprint density at radius 1 is 1.00 bits per heavy atom. The molecular weight excluding hydrogens is 284 g/mol. The van der Waals surface area contributed by atoms with Crippen molar-refractivity contribution in [2.45, 2.75) is 28.0 Å². The van der Waals surface area contributed by atoms with Gasteiger partial charge in [-0.25, -0.2) is 0 Å². The molecule has 0 N–H and O–H groups in total. The minimum absolute atomic E-state index is 0.613. The van der Waals surface area contributed by atoms with Crippen molar-refractivity contribution in [1.29, 1.82) is 0 Å². The molecular formula is C17H14OS2. The van der Waals surface area contributed by atoms with Gasteiger partial charge in [-0.1, -0.05) is 36.0 Å². The molecule has 100 valence electrons. The van der Waals surface area contributed by atoms with Gasteiger partial charge in [-0.3, -0.25) is 4.79 Å². The molecule has 2 atom stereocenters. The standard InChI is InChI=1S/C17H14OS2/c1-19-16-7-12-5-14-10-2-3-11(4-10)15(14)6-13(12)8-17(16)20-9-18/h2-3,5-11H,4H2,1H3. The van der Waals surface area contributed by atoms with Gasteiger partial charge >= 0.3 is 0 Å². The molecule has 0 radical (unpaired) electrons. The molecule has 2 aromatic carbocycles. The van der Waals surface area contributed by atoms with Crippen molar-refractivity contribution in [3.63, 3.8) is 0 Å². The summed E-state index contributed by atoms with van der Waals surface area (Å²) in [5.41, 5.74) is 3.91. The first kappa shape index (κ1) is 12.5. The van der Waals surface area contributed by atoms with Crippen LogP contribution in [-0.4, -0.2) is 11.9 Å². The lowest BCUT2D eigenvalue weighted by Crippen LogP contribution is -1.93. The third-order valence-electron chi connectivity index (χ3n) is 4.38. The van der Waals surface area contributed by atoms with Crippen LogP contribution in [0.25, 0.3) is 10.8 Å². The van der Waals surface area contributed by atoms with E-state index in [2.05, 4.69) is 42.7 Å². The number of allylic oxidation sites excluding steroid dienone is 2. The zero-order valence-corrected chi connectivity index (χ0v) is 12.8. The first-order valence-corrected chi connectivity index (χ1v) is 8.85. The van der Waals surface area contributed by atoms with E-state index in [1.807, 2.05) is 0 Å². The van der Waals surface area contributed by atoms with Crippen LogP contribution in [0.15, 0.2) is 46.2 Å². The number of hydrogen-bond acceptors (Lipinski definition) is 3. The Morgan fingerprint density at radius 2 is 1.60 bits per heavy atom. The largest absolute Gasteiger partial charge is 0.291 e. The van der Waals surface area contributed by atoms with Gasteiger partial charge in [0.2, 0.25) is 0 Å². The quantitative estimate of drug-likeness (QED) is 0.452. The van der Waals surface area contributed by atoms with Crippen LogP contribution in [0.3, 0.4) is 0 Å². The predicted molar refractivity (Wildman–Crippen MR) is 87.6 cm³/mol.